The first-order valence-electron chi connectivity index (χ1n) is 6.05. The van der Waals surface area contributed by atoms with Crippen LogP contribution in [0.15, 0.2) is 40.9 Å². The van der Waals surface area contributed by atoms with Crippen molar-refractivity contribution in [3.63, 3.8) is 0 Å². The summed E-state index contributed by atoms with van der Waals surface area (Å²) in [4.78, 5) is 0. The molecule has 4 heteroatoms. The van der Waals surface area contributed by atoms with Gasteiger partial charge in [-0.1, -0.05) is 15.9 Å². The Kier molecular flexibility index (Phi) is 3.98. The highest BCUT2D eigenvalue weighted by Crippen LogP contribution is 2.33. The van der Waals surface area contributed by atoms with E-state index in [1.54, 1.807) is 0 Å². The van der Waals surface area contributed by atoms with Gasteiger partial charge in [-0.15, -0.1) is 0 Å². The molecule has 0 aromatic heterocycles. The average molecular weight is 431 g/mol. The summed E-state index contributed by atoms with van der Waals surface area (Å²) in [5.41, 5.74) is 2.36. The van der Waals surface area contributed by atoms with Crippen LogP contribution in [0.25, 0.3) is 0 Å². The van der Waals surface area contributed by atoms with Crippen LogP contribution >= 0.6 is 38.5 Å². The van der Waals surface area contributed by atoms with Gasteiger partial charge >= 0.3 is 0 Å². The molecule has 0 saturated carbocycles. The van der Waals surface area contributed by atoms with E-state index in [0.29, 0.717) is 6.61 Å². The van der Waals surface area contributed by atoms with Crippen molar-refractivity contribution in [2.75, 3.05) is 6.61 Å². The standard InChI is InChI=1S/C15H12BrIO2/c16-12-7-10-5-6-18-15(10)11(8-12)9-19-14-3-1-13(17)2-4-14/h1-4,7-8H,5-6,9H2. The number of fused-ring (bicyclic) bond motifs is 1. The molecule has 1 aliphatic rings. The van der Waals surface area contributed by atoms with Crippen molar-refractivity contribution >= 4 is 38.5 Å². The largest absolute Gasteiger partial charge is 0.493 e. The molecular formula is C15H12BrIO2. The minimum absolute atomic E-state index is 0.530. The molecule has 0 radical (unpaired) electrons. The van der Waals surface area contributed by atoms with Crippen molar-refractivity contribution in [3.8, 4) is 11.5 Å². The van der Waals surface area contributed by atoms with E-state index in [4.69, 9.17) is 9.47 Å². The highest BCUT2D eigenvalue weighted by molar-refractivity contribution is 14.1. The van der Waals surface area contributed by atoms with E-state index in [1.165, 1.54) is 9.13 Å². The van der Waals surface area contributed by atoms with Crippen molar-refractivity contribution in [2.45, 2.75) is 13.0 Å². The van der Waals surface area contributed by atoms with E-state index < -0.39 is 0 Å². The van der Waals surface area contributed by atoms with Gasteiger partial charge in [0.05, 0.1) is 6.61 Å². The molecule has 98 valence electrons. The van der Waals surface area contributed by atoms with Crippen molar-refractivity contribution < 1.29 is 9.47 Å². The third-order valence-corrected chi connectivity index (χ3v) is 4.21. The zero-order chi connectivity index (χ0) is 13.2. The number of ether oxygens (including phenoxy) is 2. The fourth-order valence-electron chi connectivity index (χ4n) is 2.15. The summed E-state index contributed by atoms with van der Waals surface area (Å²) >= 11 is 5.82. The lowest BCUT2D eigenvalue weighted by Gasteiger charge is -2.11. The maximum atomic E-state index is 5.82. The predicted molar refractivity (Wildman–Crippen MR) is 86.8 cm³/mol. The van der Waals surface area contributed by atoms with Crippen LogP contribution in [0, 0.1) is 3.57 Å². The molecule has 2 aromatic carbocycles. The highest BCUT2D eigenvalue weighted by Gasteiger charge is 2.17. The zero-order valence-corrected chi connectivity index (χ0v) is 13.9. The summed E-state index contributed by atoms with van der Waals surface area (Å²) in [6, 6.07) is 12.2. The van der Waals surface area contributed by atoms with Gasteiger partial charge in [0, 0.05) is 20.0 Å². The topological polar surface area (TPSA) is 18.5 Å². The molecule has 0 amide bonds. The van der Waals surface area contributed by atoms with E-state index in [2.05, 4.69) is 50.7 Å². The smallest absolute Gasteiger partial charge is 0.129 e. The van der Waals surface area contributed by atoms with Crippen molar-refractivity contribution in [1.29, 1.82) is 0 Å². The van der Waals surface area contributed by atoms with E-state index in [9.17, 15) is 0 Å². The molecule has 0 saturated heterocycles. The molecule has 0 aliphatic carbocycles. The van der Waals surface area contributed by atoms with Crippen LogP contribution in [0.3, 0.4) is 0 Å². The van der Waals surface area contributed by atoms with Crippen molar-refractivity contribution in [3.05, 3.63) is 55.6 Å². The Morgan fingerprint density at radius 3 is 2.79 bits per heavy atom. The first-order chi connectivity index (χ1) is 9.22. The van der Waals surface area contributed by atoms with Gasteiger partial charge in [0.2, 0.25) is 0 Å². The fourth-order valence-corrected chi connectivity index (χ4v) is 3.06. The number of hydrogen-bond donors (Lipinski definition) is 0. The average Bonchev–Trinajstić information content (AvgIpc) is 2.85. The van der Waals surface area contributed by atoms with Crippen LogP contribution in [0.5, 0.6) is 11.5 Å². The van der Waals surface area contributed by atoms with Crippen LogP contribution in [0.4, 0.5) is 0 Å². The predicted octanol–water partition coefficient (Wildman–Crippen LogP) is 4.57. The summed E-state index contributed by atoms with van der Waals surface area (Å²) < 4.78 is 13.8. The Morgan fingerprint density at radius 1 is 1.21 bits per heavy atom. The summed E-state index contributed by atoms with van der Waals surface area (Å²) in [6.07, 6.45) is 0.977. The first kappa shape index (κ1) is 13.2. The Bertz CT molecular complexity index is 596. The maximum absolute atomic E-state index is 5.82. The van der Waals surface area contributed by atoms with Crippen molar-refractivity contribution in [1.82, 2.24) is 0 Å². The fraction of sp³-hybridized carbons (Fsp3) is 0.200. The maximum Gasteiger partial charge on any atom is 0.129 e. The highest BCUT2D eigenvalue weighted by atomic mass is 127. The molecule has 0 atom stereocenters. The molecule has 2 aromatic rings. The Morgan fingerprint density at radius 2 is 2.00 bits per heavy atom. The molecule has 3 rings (SSSR count). The Balaban J connectivity index is 1.78. The van der Waals surface area contributed by atoms with E-state index in [0.717, 1.165) is 34.6 Å². The quantitative estimate of drug-likeness (QED) is 0.664. The van der Waals surface area contributed by atoms with Gasteiger partial charge in [-0.3, -0.25) is 0 Å². The summed E-state index contributed by atoms with van der Waals surface area (Å²) in [5, 5.41) is 0. The first-order valence-corrected chi connectivity index (χ1v) is 7.92. The zero-order valence-electron chi connectivity index (χ0n) is 10.2. The molecule has 1 aliphatic heterocycles. The van der Waals surface area contributed by atoms with Crippen LogP contribution in [-0.4, -0.2) is 6.61 Å². The number of benzene rings is 2. The molecular weight excluding hydrogens is 419 g/mol. The molecule has 0 N–H and O–H groups in total. The van der Waals surface area contributed by atoms with Crippen LogP contribution in [-0.2, 0) is 13.0 Å². The third-order valence-electron chi connectivity index (χ3n) is 3.03. The molecule has 19 heavy (non-hydrogen) atoms. The molecule has 0 spiro atoms. The summed E-state index contributed by atoms with van der Waals surface area (Å²) in [7, 11) is 0. The minimum Gasteiger partial charge on any atom is -0.493 e. The van der Waals surface area contributed by atoms with Gasteiger partial charge in [-0.05, 0) is 64.6 Å². The van der Waals surface area contributed by atoms with Gasteiger partial charge in [0.1, 0.15) is 18.1 Å². The SMILES string of the molecule is Brc1cc2c(c(COc3ccc(I)cc3)c1)OCC2. The number of halogens is 2. The molecule has 1 heterocycles. The molecule has 0 fully saturated rings. The lowest BCUT2D eigenvalue weighted by Crippen LogP contribution is -1.98. The van der Waals surface area contributed by atoms with E-state index >= 15 is 0 Å². The monoisotopic (exact) mass is 430 g/mol. The van der Waals surface area contributed by atoms with E-state index in [-0.39, 0.29) is 0 Å². The van der Waals surface area contributed by atoms with Gasteiger partial charge in [0.15, 0.2) is 0 Å². The lowest BCUT2D eigenvalue weighted by molar-refractivity contribution is 0.292. The second-order valence-corrected chi connectivity index (χ2v) is 6.56. The minimum atomic E-state index is 0.530. The summed E-state index contributed by atoms with van der Waals surface area (Å²) in [5.74, 6) is 1.88. The van der Waals surface area contributed by atoms with Gasteiger partial charge in [-0.2, -0.15) is 0 Å². The van der Waals surface area contributed by atoms with Crippen LogP contribution in [0.1, 0.15) is 11.1 Å². The number of hydrogen-bond acceptors (Lipinski definition) is 2. The van der Waals surface area contributed by atoms with E-state index in [1.807, 2.05) is 24.3 Å². The third kappa shape index (κ3) is 3.05. The Hall–Kier alpha value is -0.750. The van der Waals surface area contributed by atoms with Gasteiger partial charge in [-0.25, -0.2) is 0 Å². The second kappa shape index (κ2) is 5.71. The van der Waals surface area contributed by atoms with Crippen LogP contribution in [0.2, 0.25) is 0 Å². The second-order valence-electron chi connectivity index (χ2n) is 4.39. The molecule has 0 bridgehead atoms. The van der Waals surface area contributed by atoms with Crippen LogP contribution < -0.4 is 9.47 Å². The number of rotatable bonds is 3. The van der Waals surface area contributed by atoms with Gasteiger partial charge < -0.3 is 9.47 Å². The molecule has 0 unspecified atom stereocenters. The molecule has 2 nitrogen and oxygen atoms in total. The normalized spacial score (nSPS) is 12.9. The summed E-state index contributed by atoms with van der Waals surface area (Å²) in [6.45, 7) is 1.30. The lowest BCUT2D eigenvalue weighted by atomic mass is 10.1. The van der Waals surface area contributed by atoms with Gasteiger partial charge in [0.25, 0.3) is 0 Å². The van der Waals surface area contributed by atoms with Crippen molar-refractivity contribution in [2.24, 2.45) is 0 Å². The Labute approximate surface area is 134 Å².